The molecule has 2 atom stereocenters. The van der Waals surface area contributed by atoms with E-state index in [1.807, 2.05) is 4.90 Å². The highest BCUT2D eigenvalue weighted by atomic mass is 16.5. The Morgan fingerprint density at radius 2 is 2.17 bits per heavy atom. The van der Waals surface area contributed by atoms with Gasteiger partial charge in [0.1, 0.15) is 5.60 Å². The number of carbonyl (C=O) groups excluding carboxylic acids is 1. The van der Waals surface area contributed by atoms with Crippen LogP contribution in [-0.2, 0) is 9.47 Å². The second-order valence-electron chi connectivity index (χ2n) is 7.33. The first-order valence-electron chi connectivity index (χ1n) is 9.01. The standard InChI is InChI=1S/C18H26N2O4/c21-17(16-4-3-8-23-16)20-7-9-22-14-18(13-20)10-15(12-24-18)11-19-5-1-2-6-19/h3-4,8,15H,1-2,5-7,9-14H2/t15-,18-/m1/s1. The molecule has 0 saturated carbocycles. The normalized spacial score (nSPS) is 31.7. The van der Waals surface area contributed by atoms with Gasteiger partial charge in [0.15, 0.2) is 5.76 Å². The molecule has 3 fully saturated rings. The summed E-state index contributed by atoms with van der Waals surface area (Å²) in [5.41, 5.74) is -0.358. The second kappa shape index (κ2) is 6.86. The van der Waals surface area contributed by atoms with Gasteiger partial charge in [0.05, 0.1) is 32.6 Å². The molecule has 1 amide bonds. The van der Waals surface area contributed by atoms with Gasteiger partial charge in [-0.1, -0.05) is 0 Å². The van der Waals surface area contributed by atoms with Crippen molar-refractivity contribution in [3.8, 4) is 0 Å². The molecule has 1 aromatic rings. The van der Waals surface area contributed by atoms with Crippen LogP contribution < -0.4 is 0 Å². The summed E-state index contributed by atoms with van der Waals surface area (Å²) in [5.74, 6) is 0.848. The zero-order valence-corrected chi connectivity index (χ0v) is 14.1. The summed E-state index contributed by atoms with van der Waals surface area (Å²) < 4.78 is 17.3. The molecule has 4 rings (SSSR count). The molecule has 0 unspecified atom stereocenters. The summed E-state index contributed by atoms with van der Waals surface area (Å²) in [5, 5.41) is 0. The Morgan fingerprint density at radius 3 is 2.96 bits per heavy atom. The van der Waals surface area contributed by atoms with Crippen molar-refractivity contribution >= 4 is 5.91 Å². The van der Waals surface area contributed by atoms with E-state index in [2.05, 4.69) is 4.90 Å². The van der Waals surface area contributed by atoms with Gasteiger partial charge in [-0.15, -0.1) is 0 Å². The zero-order chi connectivity index (χ0) is 16.4. The van der Waals surface area contributed by atoms with E-state index in [0.717, 1.165) is 19.6 Å². The molecule has 0 radical (unpaired) electrons. The molecular weight excluding hydrogens is 308 g/mol. The fourth-order valence-electron chi connectivity index (χ4n) is 4.23. The Bertz CT molecular complexity index is 555. The maximum atomic E-state index is 12.6. The molecule has 0 bridgehead atoms. The van der Waals surface area contributed by atoms with Crippen LogP contribution in [0.3, 0.4) is 0 Å². The van der Waals surface area contributed by atoms with Gasteiger partial charge in [-0.3, -0.25) is 4.79 Å². The first-order chi connectivity index (χ1) is 11.7. The quantitative estimate of drug-likeness (QED) is 0.841. The predicted octanol–water partition coefficient (Wildman–Crippen LogP) is 1.62. The smallest absolute Gasteiger partial charge is 0.289 e. The highest BCUT2D eigenvalue weighted by molar-refractivity contribution is 5.91. The summed E-state index contributed by atoms with van der Waals surface area (Å²) in [6, 6.07) is 3.46. The number of amides is 1. The molecule has 6 nitrogen and oxygen atoms in total. The third-order valence-corrected chi connectivity index (χ3v) is 5.37. The van der Waals surface area contributed by atoms with Crippen LogP contribution in [-0.4, -0.2) is 73.9 Å². The largest absolute Gasteiger partial charge is 0.459 e. The van der Waals surface area contributed by atoms with Gasteiger partial charge >= 0.3 is 0 Å². The number of likely N-dealkylation sites (tertiary alicyclic amines) is 1. The van der Waals surface area contributed by atoms with Crippen molar-refractivity contribution in [2.75, 3.05) is 52.5 Å². The molecular formula is C18H26N2O4. The molecule has 24 heavy (non-hydrogen) atoms. The minimum atomic E-state index is -0.358. The zero-order valence-electron chi connectivity index (χ0n) is 14.1. The third kappa shape index (κ3) is 3.36. The van der Waals surface area contributed by atoms with Gasteiger partial charge in [-0.25, -0.2) is 0 Å². The number of nitrogens with zero attached hydrogens (tertiary/aromatic N) is 2. The molecule has 132 valence electrons. The Hall–Kier alpha value is -1.37. The van der Waals surface area contributed by atoms with Crippen molar-refractivity contribution in [3.63, 3.8) is 0 Å². The predicted molar refractivity (Wildman–Crippen MR) is 87.9 cm³/mol. The number of hydrogen-bond donors (Lipinski definition) is 0. The Balaban J connectivity index is 1.41. The van der Waals surface area contributed by atoms with E-state index in [9.17, 15) is 4.79 Å². The summed E-state index contributed by atoms with van der Waals surface area (Å²) in [6.45, 7) is 6.59. The lowest BCUT2D eigenvalue weighted by molar-refractivity contribution is -0.0540. The summed E-state index contributed by atoms with van der Waals surface area (Å²) in [4.78, 5) is 17.0. The first-order valence-corrected chi connectivity index (χ1v) is 9.01. The van der Waals surface area contributed by atoms with Crippen LogP contribution >= 0.6 is 0 Å². The number of furan rings is 1. The van der Waals surface area contributed by atoms with Crippen molar-refractivity contribution in [2.24, 2.45) is 5.92 Å². The van der Waals surface area contributed by atoms with Crippen molar-refractivity contribution in [2.45, 2.75) is 24.9 Å². The van der Waals surface area contributed by atoms with Crippen LogP contribution in [0.15, 0.2) is 22.8 Å². The van der Waals surface area contributed by atoms with Crippen LogP contribution in [0.4, 0.5) is 0 Å². The molecule has 4 heterocycles. The topological polar surface area (TPSA) is 55.2 Å². The molecule has 3 aliphatic heterocycles. The van der Waals surface area contributed by atoms with Gasteiger partial charge in [0.2, 0.25) is 0 Å². The lowest BCUT2D eigenvalue weighted by Gasteiger charge is -2.31. The third-order valence-electron chi connectivity index (χ3n) is 5.37. The van der Waals surface area contributed by atoms with Crippen LogP contribution in [0.5, 0.6) is 0 Å². The number of hydrogen-bond acceptors (Lipinski definition) is 5. The van der Waals surface area contributed by atoms with Crippen molar-refractivity contribution in [3.05, 3.63) is 24.2 Å². The Morgan fingerprint density at radius 1 is 1.29 bits per heavy atom. The minimum Gasteiger partial charge on any atom is -0.459 e. The summed E-state index contributed by atoms with van der Waals surface area (Å²) >= 11 is 0. The van der Waals surface area contributed by atoms with E-state index >= 15 is 0 Å². The number of ether oxygens (including phenoxy) is 2. The fraction of sp³-hybridized carbons (Fsp3) is 0.722. The lowest BCUT2D eigenvalue weighted by atomic mass is 9.94. The fourth-order valence-corrected chi connectivity index (χ4v) is 4.23. The Kier molecular flexibility index (Phi) is 4.61. The van der Waals surface area contributed by atoms with E-state index in [-0.39, 0.29) is 11.5 Å². The number of carbonyl (C=O) groups is 1. The van der Waals surface area contributed by atoms with E-state index in [0.29, 0.717) is 38.0 Å². The van der Waals surface area contributed by atoms with Crippen LogP contribution in [0.1, 0.15) is 29.8 Å². The van der Waals surface area contributed by atoms with Crippen molar-refractivity contribution in [1.29, 1.82) is 0 Å². The molecule has 1 spiro atoms. The Labute approximate surface area is 142 Å². The van der Waals surface area contributed by atoms with Gasteiger partial charge in [0, 0.05) is 13.1 Å². The maximum absolute atomic E-state index is 12.6. The van der Waals surface area contributed by atoms with Gasteiger partial charge in [0.25, 0.3) is 5.91 Å². The molecule has 0 aliphatic carbocycles. The summed E-state index contributed by atoms with van der Waals surface area (Å²) in [7, 11) is 0. The van der Waals surface area contributed by atoms with E-state index in [4.69, 9.17) is 13.9 Å². The van der Waals surface area contributed by atoms with Crippen molar-refractivity contribution < 1.29 is 18.7 Å². The summed E-state index contributed by atoms with van der Waals surface area (Å²) in [6.07, 6.45) is 5.13. The van der Waals surface area contributed by atoms with Crippen LogP contribution in [0.2, 0.25) is 0 Å². The molecule has 0 aromatic carbocycles. The maximum Gasteiger partial charge on any atom is 0.289 e. The van der Waals surface area contributed by atoms with E-state index < -0.39 is 0 Å². The average molecular weight is 334 g/mol. The molecule has 3 saturated heterocycles. The van der Waals surface area contributed by atoms with Crippen LogP contribution in [0, 0.1) is 5.92 Å². The second-order valence-corrected chi connectivity index (χ2v) is 7.33. The van der Waals surface area contributed by atoms with Gasteiger partial charge in [-0.05, 0) is 50.4 Å². The lowest BCUT2D eigenvalue weighted by Crippen LogP contribution is -2.46. The molecule has 3 aliphatic rings. The molecule has 6 heteroatoms. The highest BCUT2D eigenvalue weighted by Crippen LogP contribution is 2.34. The van der Waals surface area contributed by atoms with Gasteiger partial charge in [-0.2, -0.15) is 0 Å². The van der Waals surface area contributed by atoms with E-state index in [1.54, 1.807) is 12.1 Å². The van der Waals surface area contributed by atoms with Crippen molar-refractivity contribution in [1.82, 2.24) is 9.80 Å². The van der Waals surface area contributed by atoms with Gasteiger partial charge < -0.3 is 23.7 Å². The number of rotatable bonds is 3. The molecule has 1 aromatic heterocycles. The SMILES string of the molecule is O=C(c1ccco1)N1CCOC[C@@]2(C[C@H](CN3CCCC3)CO2)C1. The van der Waals surface area contributed by atoms with E-state index in [1.165, 1.54) is 32.2 Å². The highest BCUT2D eigenvalue weighted by Gasteiger charge is 2.44. The molecule has 0 N–H and O–H groups in total. The first kappa shape index (κ1) is 16.1. The monoisotopic (exact) mass is 334 g/mol. The minimum absolute atomic E-state index is 0.0727. The average Bonchev–Trinajstić information content (AvgIpc) is 3.30. The van der Waals surface area contributed by atoms with Crippen LogP contribution in [0.25, 0.3) is 0 Å².